The van der Waals surface area contributed by atoms with Crippen molar-refractivity contribution in [2.45, 2.75) is 25.8 Å². The molecule has 4 heteroatoms. The lowest BCUT2D eigenvalue weighted by Gasteiger charge is -2.27. The molecule has 0 aliphatic heterocycles. The Labute approximate surface area is 84.5 Å². The third-order valence-corrected chi connectivity index (χ3v) is 2.11. The number of rotatable bonds is 7. The molecule has 0 fully saturated rings. The molecule has 0 radical (unpaired) electrons. The van der Waals surface area contributed by atoms with Crippen LogP contribution < -0.4 is 0 Å². The van der Waals surface area contributed by atoms with Crippen LogP contribution in [0.15, 0.2) is 0 Å². The van der Waals surface area contributed by atoms with Crippen molar-refractivity contribution in [3.8, 4) is 12.3 Å². The molecule has 0 saturated carbocycles. The molecule has 0 aromatic heterocycles. The van der Waals surface area contributed by atoms with Crippen LogP contribution >= 0.6 is 0 Å². The second kappa shape index (κ2) is 7.36. The van der Waals surface area contributed by atoms with Crippen LogP contribution in [0.25, 0.3) is 0 Å². The topological polar surface area (TPSA) is 60.8 Å². The highest BCUT2D eigenvalue weighted by Crippen LogP contribution is 2.03. The molecule has 0 amide bonds. The van der Waals surface area contributed by atoms with Crippen molar-refractivity contribution < 1.29 is 15.0 Å². The minimum absolute atomic E-state index is 0.0117. The Hall–Kier alpha value is -1.05. The van der Waals surface area contributed by atoms with E-state index in [1.165, 1.54) is 0 Å². The first-order valence-electron chi connectivity index (χ1n) is 4.65. The molecular formula is C10H17NO3. The summed E-state index contributed by atoms with van der Waals surface area (Å²) in [5.74, 6) is 1.62. The zero-order valence-electron chi connectivity index (χ0n) is 8.44. The SMILES string of the molecule is C#CCN(CCC(=O)O)C(CC)CO. The average Bonchev–Trinajstić information content (AvgIpc) is 2.15. The summed E-state index contributed by atoms with van der Waals surface area (Å²) in [5.41, 5.74) is 0. The van der Waals surface area contributed by atoms with Gasteiger partial charge in [-0.2, -0.15) is 0 Å². The standard InChI is InChI=1S/C10H17NO3/c1-3-6-11(7-5-10(13)14)9(4-2)8-12/h1,9,12H,4-8H2,2H3,(H,13,14). The van der Waals surface area contributed by atoms with E-state index in [9.17, 15) is 4.79 Å². The first kappa shape index (κ1) is 12.9. The van der Waals surface area contributed by atoms with E-state index in [1.807, 2.05) is 11.8 Å². The number of hydrogen-bond donors (Lipinski definition) is 2. The fourth-order valence-corrected chi connectivity index (χ4v) is 1.25. The summed E-state index contributed by atoms with van der Waals surface area (Å²) < 4.78 is 0. The molecule has 0 bridgehead atoms. The van der Waals surface area contributed by atoms with Crippen LogP contribution in [0.2, 0.25) is 0 Å². The zero-order valence-corrected chi connectivity index (χ0v) is 8.44. The zero-order chi connectivity index (χ0) is 11.0. The fraction of sp³-hybridized carbons (Fsp3) is 0.700. The molecule has 80 valence electrons. The molecule has 14 heavy (non-hydrogen) atoms. The lowest BCUT2D eigenvalue weighted by molar-refractivity contribution is -0.137. The average molecular weight is 199 g/mol. The van der Waals surface area contributed by atoms with Crippen LogP contribution in [-0.2, 0) is 4.79 Å². The Balaban J connectivity index is 4.12. The van der Waals surface area contributed by atoms with E-state index in [1.54, 1.807) is 0 Å². The Bertz CT molecular complexity index is 206. The van der Waals surface area contributed by atoms with E-state index in [4.69, 9.17) is 16.6 Å². The Morgan fingerprint density at radius 3 is 2.64 bits per heavy atom. The van der Waals surface area contributed by atoms with Gasteiger partial charge in [-0.05, 0) is 6.42 Å². The van der Waals surface area contributed by atoms with Crippen molar-refractivity contribution in [2.24, 2.45) is 0 Å². The molecule has 0 heterocycles. The van der Waals surface area contributed by atoms with Gasteiger partial charge in [0, 0.05) is 12.6 Å². The molecule has 0 aliphatic rings. The molecule has 2 N–H and O–H groups in total. The van der Waals surface area contributed by atoms with E-state index in [0.29, 0.717) is 13.1 Å². The fourth-order valence-electron chi connectivity index (χ4n) is 1.25. The molecule has 0 rings (SSSR count). The van der Waals surface area contributed by atoms with Crippen molar-refractivity contribution in [1.82, 2.24) is 4.90 Å². The van der Waals surface area contributed by atoms with Crippen LogP contribution in [0.1, 0.15) is 19.8 Å². The number of carboxylic acids is 1. The van der Waals surface area contributed by atoms with Crippen LogP contribution in [0, 0.1) is 12.3 Å². The van der Waals surface area contributed by atoms with Gasteiger partial charge in [0.15, 0.2) is 0 Å². The summed E-state index contributed by atoms with van der Waals surface area (Å²) in [6.07, 6.45) is 5.98. The largest absolute Gasteiger partial charge is 0.481 e. The molecule has 0 saturated heterocycles. The summed E-state index contributed by atoms with van der Waals surface area (Å²) in [7, 11) is 0. The lowest BCUT2D eigenvalue weighted by Crippen LogP contribution is -2.39. The molecule has 0 aromatic rings. The van der Waals surface area contributed by atoms with Crippen molar-refractivity contribution in [3.05, 3.63) is 0 Å². The summed E-state index contributed by atoms with van der Waals surface area (Å²) >= 11 is 0. The monoisotopic (exact) mass is 199 g/mol. The van der Waals surface area contributed by atoms with Crippen LogP contribution in [-0.4, -0.2) is 46.8 Å². The first-order chi connectivity index (χ1) is 6.65. The first-order valence-corrected chi connectivity index (χ1v) is 4.65. The van der Waals surface area contributed by atoms with E-state index in [-0.39, 0.29) is 19.1 Å². The Morgan fingerprint density at radius 1 is 1.64 bits per heavy atom. The lowest BCUT2D eigenvalue weighted by atomic mass is 10.2. The van der Waals surface area contributed by atoms with Crippen molar-refractivity contribution >= 4 is 5.97 Å². The number of hydrogen-bond acceptors (Lipinski definition) is 3. The van der Waals surface area contributed by atoms with Crippen LogP contribution in [0.3, 0.4) is 0 Å². The summed E-state index contributed by atoms with van der Waals surface area (Å²) in [6, 6.07) is -0.0367. The van der Waals surface area contributed by atoms with Crippen molar-refractivity contribution in [2.75, 3.05) is 19.7 Å². The minimum atomic E-state index is -0.847. The third kappa shape index (κ3) is 4.85. The molecule has 4 nitrogen and oxygen atoms in total. The Kier molecular flexibility index (Phi) is 6.81. The van der Waals surface area contributed by atoms with Gasteiger partial charge >= 0.3 is 5.97 Å². The van der Waals surface area contributed by atoms with Gasteiger partial charge in [-0.3, -0.25) is 9.69 Å². The maximum absolute atomic E-state index is 10.4. The summed E-state index contributed by atoms with van der Waals surface area (Å²) in [6.45, 7) is 2.72. The van der Waals surface area contributed by atoms with Gasteiger partial charge in [-0.15, -0.1) is 6.42 Å². The second-order valence-electron chi connectivity index (χ2n) is 3.06. The third-order valence-electron chi connectivity index (χ3n) is 2.11. The second-order valence-corrected chi connectivity index (χ2v) is 3.06. The van der Waals surface area contributed by atoms with Gasteiger partial charge in [0.25, 0.3) is 0 Å². The van der Waals surface area contributed by atoms with Crippen LogP contribution in [0.4, 0.5) is 0 Å². The number of nitrogens with zero attached hydrogens (tertiary/aromatic N) is 1. The van der Waals surface area contributed by atoms with Crippen LogP contribution in [0.5, 0.6) is 0 Å². The highest BCUT2D eigenvalue weighted by Gasteiger charge is 2.15. The van der Waals surface area contributed by atoms with Crippen molar-refractivity contribution in [3.63, 3.8) is 0 Å². The number of carboxylic acid groups (broad SMARTS) is 1. The molecule has 0 aromatic carbocycles. The van der Waals surface area contributed by atoms with E-state index >= 15 is 0 Å². The maximum Gasteiger partial charge on any atom is 0.304 e. The van der Waals surface area contributed by atoms with Gasteiger partial charge in [-0.1, -0.05) is 12.8 Å². The minimum Gasteiger partial charge on any atom is -0.481 e. The normalized spacial score (nSPS) is 12.4. The smallest absolute Gasteiger partial charge is 0.304 e. The predicted octanol–water partition coefficient (Wildman–Crippen LogP) is 0.167. The van der Waals surface area contributed by atoms with Gasteiger partial charge in [0.05, 0.1) is 19.6 Å². The molecule has 1 unspecified atom stereocenters. The van der Waals surface area contributed by atoms with Gasteiger partial charge in [0.2, 0.25) is 0 Å². The summed E-state index contributed by atoms with van der Waals surface area (Å²) in [5, 5.41) is 17.5. The van der Waals surface area contributed by atoms with E-state index in [0.717, 1.165) is 6.42 Å². The molecular weight excluding hydrogens is 182 g/mol. The van der Waals surface area contributed by atoms with E-state index in [2.05, 4.69) is 5.92 Å². The summed E-state index contributed by atoms with van der Waals surface area (Å²) in [4.78, 5) is 12.2. The van der Waals surface area contributed by atoms with E-state index < -0.39 is 5.97 Å². The maximum atomic E-state index is 10.4. The quantitative estimate of drug-likeness (QED) is 0.574. The van der Waals surface area contributed by atoms with Crippen molar-refractivity contribution in [1.29, 1.82) is 0 Å². The number of aliphatic hydroxyl groups is 1. The molecule has 1 atom stereocenters. The number of aliphatic carboxylic acids is 1. The number of terminal acetylenes is 1. The molecule has 0 spiro atoms. The van der Waals surface area contributed by atoms with Gasteiger partial charge < -0.3 is 10.2 Å². The highest BCUT2D eigenvalue weighted by molar-refractivity contribution is 5.66. The predicted molar refractivity (Wildman–Crippen MR) is 53.8 cm³/mol. The highest BCUT2D eigenvalue weighted by atomic mass is 16.4. The number of carbonyl (C=O) groups is 1. The molecule has 0 aliphatic carbocycles. The number of aliphatic hydroxyl groups excluding tert-OH is 1. The van der Waals surface area contributed by atoms with Gasteiger partial charge in [0.1, 0.15) is 0 Å². The Morgan fingerprint density at radius 2 is 2.29 bits per heavy atom. The van der Waals surface area contributed by atoms with Gasteiger partial charge in [-0.25, -0.2) is 0 Å².